The fraction of sp³-hybridized carbons (Fsp3) is 0.250. The number of rotatable bonds is 5. The van der Waals surface area contributed by atoms with Gasteiger partial charge in [-0.05, 0) is 29.2 Å². The molecule has 1 heterocycles. The lowest BCUT2D eigenvalue weighted by Gasteiger charge is -2.34. The fourth-order valence-electron chi connectivity index (χ4n) is 3.82. The number of hydrogen-bond donors (Lipinski definition) is 1. The van der Waals surface area contributed by atoms with Gasteiger partial charge in [0.15, 0.2) is 0 Å². The Balaban J connectivity index is 1.38. The van der Waals surface area contributed by atoms with Gasteiger partial charge in [0.2, 0.25) is 0 Å². The number of benzene rings is 3. The third kappa shape index (κ3) is 4.78. The molecule has 3 heteroatoms. The molecule has 138 valence electrons. The molecule has 0 amide bonds. The van der Waals surface area contributed by atoms with Gasteiger partial charge >= 0.3 is 0 Å². The molecule has 1 atom stereocenters. The standard InChI is InChI=1S/C24H25ClN2/c25-24-9-5-4-8-23(24)21-12-10-20(11-13-21)17-27-15-14-26-22(18-27)16-19-6-2-1-3-7-19/h1-13,22,26H,14-18H2/t22-/m0/s1. The van der Waals surface area contributed by atoms with Crippen LogP contribution in [0.1, 0.15) is 11.1 Å². The summed E-state index contributed by atoms with van der Waals surface area (Å²) in [5.41, 5.74) is 5.02. The highest BCUT2D eigenvalue weighted by atomic mass is 35.5. The van der Waals surface area contributed by atoms with E-state index in [2.05, 4.69) is 70.9 Å². The van der Waals surface area contributed by atoms with Crippen molar-refractivity contribution in [3.63, 3.8) is 0 Å². The van der Waals surface area contributed by atoms with Crippen LogP contribution in [0.15, 0.2) is 78.9 Å². The van der Waals surface area contributed by atoms with Gasteiger partial charge in [-0.25, -0.2) is 0 Å². The van der Waals surface area contributed by atoms with Crippen LogP contribution >= 0.6 is 11.6 Å². The molecule has 0 bridgehead atoms. The Hall–Kier alpha value is -2.13. The summed E-state index contributed by atoms with van der Waals surface area (Å²) in [6.45, 7) is 4.23. The minimum Gasteiger partial charge on any atom is -0.311 e. The van der Waals surface area contributed by atoms with E-state index in [0.29, 0.717) is 6.04 Å². The van der Waals surface area contributed by atoms with Crippen molar-refractivity contribution >= 4 is 11.6 Å². The first-order valence-corrected chi connectivity index (χ1v) is 9.99. The first kappa shape index (κ1) is 18.2. The van der Waals surface area contributed by atoms with Crippen LogP contribution in [-0.2, 0) is 13.0 Å². The van der Waals surface area contributed by atoms with E-state index >= 15 is 0 Å². The monoisotopic (exact) mass is 376 g/mol. The van der Waals surface area contributed by atoms with Crippen LogP contribution in [0.2, 0.25) is 5.02 Å². The van der Waals surface area contributed by atoms with E-state index in [1.54, 1.807) is 0 Å². The Morgan fingerprint density at radius 1 is 0.852 bits per heavy atom. The Morgan fingerprint density at radius 2 is 1.59 bits per heavy atom. The van der Waals surface area contributed by atoms with Crippen LogP contribution in [0.3, 0.4) is 0 Å². The molecular formula is C24H25ClN2. The van der Waals surface area contributed by atoms with Crippen LogP contribution in [0, 0.1) is 0 Å². The number of piperazine rings is 1. The molecule has 27 heavy (non-hydrogen) atoms. The SMILES string of the molecule is Clc1ccccc1-c1ccc(CN2CCN[C@@H](Cc3ccccc3)C2)cc1. The van der Waals surface area contributed by atoms with Gasteiger partial charge in [0.05, 0.1) is 0 Å². The average molecular weight is 377 g/mol. The van der Waals surface area contributed by atoms with Gasteiger partial charge in [0.1, 0.15) is 0 Å². The normalized spacial score (nSPS) is 17.7. The highest BCUT2D eigenvalue weighted by Crippen LogP contribution is 2.27. The van der Waals surface area contributed by atoms with Crippen molar-refractivity contribution in [1.29, 1.82) is 0 Å². The van der Waals surface area contributed by atoms with Gasteiger partial charge in [-0.15, -0.1) is 0 Å². The summed E-state index contributed by atoms with van der Waals surface area (Å²) in [5, 5.41) is 4.47. The van der Waals surface area contributed by atoms with E-state index in [0.717, 1.165) is 43.2 Å². The van der Waals surface area contributed by atoms with Gasteiger partial charge in [-0.2, -0.15) is 0 Å². The van der Waals surface area contributed by atoms with Crippen molar-refractivity contribution in [2.45, 2.75) is 19.0 Å². The van der Waals surface area contributed by atoms with Crippen LogP contribution in [0.5, 0.6) is 0 Å². The zero-order chi connectivity index (χ0) is 18.5. The van der Waals surface area contributed by atoms with Gasteiger partial charge in [0.25, 0.3) is 0 Å². The van der Waals surface area contributed by atoms with E-state index in [1.165, 1.54) is 16.7 Å². The summed E-state index contributed by atoms with van der Waals surface area (Å²) >= 11 is 6.32. The molecule has 3 aromatic carbocycles. The topological polar surface area (TPSA) is 15.3 Å². The van der Waals surface area contributed by atoms with Crippen LogP contribution in [0.25, 0.3) is 11.1 Å². The van der Waals surface area contributed by atoms with Crippen LogP contribution < -0.4 is 5.32 Å². The Kier molecular flexibility index (Phi) is 5.88. The number of nitrogens with zero attached hydrogens (tertiary/aromatic N) is 1. The van der Waals surface area contributed by atoms with Crippen LogP contribution in [-0.4, -0.2) is 30.6 Å². The molecule has 1 saturated heterocycles. The summed E-state index contributed by atoms with van der Waals surface area (Å²) in [5.74, 6) is 0. The smallest absolute Gasteiger partial charge is 0.0484 e. The Morgan fingerprint density at radius 3 is 2.37 bits per heavy atom. The van der Waals surface area contributed by atoms with Crippen molar-refractivity contribution in [3.8, 4) is 11.1 Å². The fourth-order valence-corrected chi connectivity index (χ4v) is 4.06. The maximum Gasteiger partial charge on any atom is 0.0484 e. The van der Waals surface area contributed by atoms with E-state index in [1.807, 2.05) is 18.2 Å². The molecule has 2 nitrogen and oxygen atoms in total. The quantitative estimate of drug-likeness (QED) is 0.672. The maximum atomic E-state index is 6.32. The van der Waals surface area contributed by atoms with Crippen LogP contribution in [0.4, 0.5) is 0 Å². The molecule has 1 aliphatic rings. The van der Waals surface area contributed by atoms with E-state index in [9.17, 15) is 0 Å². The average Bonchev–Trinajstić information content (AvgIpc) is 2.70. The largest absolute Gasteiger partial charge is 0.311 e. The minimum atomic E-state index is 0.517. The summed E-state index contributed by atoms with van der Waals surface area (Å²) in [6.07, 6.45) is 1.09. The molecule has 1 aliphatic heterocycles. The second-order valence-electron chi connectivity index (χ2n) is 7.25. The lowest BCUT2D eigenvalue weighted by atomic mass is 10.0. The number of hydrogen-bond acceptors (Lipinski definition) is 2. The zero-order valence-electron chi connectivity index (χ0n) is 15.4. The first-order valence-electron chi connectivity index (χ1n) is 9.61. The molecule has 1 N–H and O–H groups in total. The molecule has 0 aliphatic carbocycles. The third-order valence-corrected chi connectivity index (χ3v) is 5.54. The highest BCUT2D eigenvalue weighted by Gasteiger charge is 2.19. The van der Waals surface area contributed by atoms with E-state index < -0.39 is 0 Å². The van der Waals surface area contributed by atoms with Gasteiger partial charge < -0.3 is 5.32 Å². The summed E-state index contributed by atoms with van der Waals surface area (Å²) in [4.78, 5) is 2.55. The molecule has 0 unspecified atom stereocenters. The van der Waals surface area contributed by atoms with Gasteiger partial charge in [-0.3, -0.25) is 4.90 Å². The highest BCUT2D eigenvalue weighted by molar-refractivity contribution is 6.33. The molecule has 1 fully saturated rings. The Bertz CT molecular complexity index is 861. The van der Waals surface area contributed by atoms with Crippen molar-refractivity contribution < 1.29 is 0 Å². The van der Waals surface area contributed by atoms with Gasteiger partial charge in [0, 0.05) is 42.8 Å². The second-order valence-corrected chi connectivity index (χ2v) is 7.66. The molecule has 0 radical (unpaired) electrons. The van der Waals surface area contributed by atoms with Crippen molar-refractivity contribution in [2.75, 3.05) is 19.6 Å². The van der Waals surface area contributed by atoms with Crippen molar-refractivity contribution in [2.24, 2.45) is 0 Å². The summed E-state index contributed by atoms with van der Waals surface area (Å²) in [7, 11) is 0. The van der Waals surface area contributed by atoms with E-state index in [-0.39, 0.29) is 0 Å². The predicted octanol–water partition coefficient (Wildman–Crippen LogP) is 5.02. The third-order valence-electron chi connectivity index (χ3n) is 5.21. The summed E-state index contributed by atoms with van der Waals surface area (Å²) in [6, 6.07) is 28.1. The summed E-state index contributed by atoms with van der Waals surface area (Å²) < 4.78 is 0. The van der Waals surface area contributed by atoms with Gasteiger partial charge in [-0.1, -0.05) is 84.4 Å². The zero-order valence-corrected chi connectivity index (χ0v) is 16.2. The van der Waals surface area contributed by atoms with Crippen molar-refractivity contribution in [1.82, 2.24) is 10.2 Å². The molecule has 4 rings (SSSR count). The first-order chi connectivity index (χ1) is 13.3. The number of halogens is 1. The second kappa shape index (κ2) is 8.71. The molecular weight excluding hydrogens is 352 g/mol. The lowest BCUT2D eigenvalue weighted by molar-refractivity contribution is 0.192. The van der Waals surface area contributed by atoms with E-state index in [4.69, 9.17) is 11.6 Å². The van der Waals surface area contributed by atoms with Crippen molar-refractivity contribution in [3.05, 3.63) is 95.0 Å². The molecule has 0 spiro atoms. The Labute approximate surface area is 166 Å². The molecule has 0 saturated carbocycles. The predicted molar refractivity (Wildman–Crippen MR) is 114 cm³/mol. The molecule has 3 aromatic rings. The maximum absolute atomic E-state index is 6.32. The lowest BCUT2D eigenvalue weighted by Crippen LogP contribution is -2.51. The molecule has 0 aromatic heterocycles. The number of nitrogens with one attached hydrogen (secondary N) is 1. The minimum absolute atomic E-state index is 0.517.